The van der Waals surface area contributed by atoms with Gasteiger partial charge in [-0.05, 0) is 55.4 Å². The van der Waals surface area contributed by atoms with Crippen LogP contribution < -0.4 is 5.32 Å². The molecular formula is C22H24N2O3S. The highest BCUT2D eigenvalue weighted by Crippen LogP contribution is 2.39. The number of ether oxygens (including phenoxy) is 1. The van der Waals surface area contributed by atoms with Gasteiger partial charge in [-0.3, -0.25) is 4.79 Å². The molecule has 1 amide bonds. The van der Waals surface area contributed by atoms with Gasteiger partial charge in [-0.25, -0.2) is 4.79 Å². The molecule has 0 aliphatic heterocycles. The molecule has 0 fully saturated rings. The standard InChI is InChI=1S/C22H24N2O3S/c1-13(2)22(4,12-23)24-20(25)14(3)27-21(26)18-11-16-10-9-15-7-5-6-8-17(15)19(16)28-18/h5-8,11,13-14H,9-10H2,1-4H3,(H,24,25). The van der Waals surface area contributed by atoms with Crippen molar-refractivity contribution in [3.05, 3.63) is 46.3 Å². The molecule has 3 rings (SSSR count). The van der Waals surface area contributed by atoms with Crippen LogP contribution >= 0.6 is 11.3 Å². The molecule has 0 saturated heterocycles. The second-order valence-corrected chi connectivity index (χ2v) is 8.68. The molecule has 2 atom stereocenters. The predicted molar refractivity (Wildman–Crippen MR) is 109 cm³/mol. The SMILES string of the molecule is CC(OC(=O)c1cc2c(s1)-c1ccccc1CC2)C(=O)NC(C)(C#N)C(C)C. The monoisotopic (exact) mass is 396 g/mol. The van der Waals surface area contributed by atoms with Crippen LogP contribution in [0.25, 0.3) is 10.4 Å². The lowest BCUT2D eigenvalue weighted by molar-refractivity contribution is -0.130. The Kier molecular flexibility index (Phi) is 5.57. The van der Waals surface area contributed by atoms with Crippen molar-refractivity contribution in [3.63, 3.8) is 0 Å². The third-order valence-corrected chi connectivity index (χ3v) is 6.55. The highest BCUT2D eigenvalue weighted by Gasteiger charge is 2.33. The maximum absolute atomic E-state index is 12.6. The molecule has 1 N–H and O–H groups in total. The number of fused-ring (bicyclic) bond motifs is 3. The molecule has 1 aliphatic rings. The quantitative estimate of drug-likeness (QED) is 0.771. The van der Waals surface area contributed by atoms with Gasteiger partial charge in [-0.1, -0.05) is 38.1 Å². The van der Waals surface area contributed by atoms with E-state index in [9.17, 15) is 14.9 Å². The number of rotatable bonds is 5. The van der Waals surface area contributed by atoms with Gasteiger partial charge in [0.15, 0.2) is 6.10 Å². The Morgan fingerprint density at radius 1 is 1.21 bits per heavy atom. The van der Waals surface area contributed by atoms with Gasteiger partial charge in [-0.2, -0.15) is 5.26 Å². The molecule has 5 nitrogen and oxygen atoms in total. The Morgan fingerprint density at radius 3 is 2.57 bits per heavy atom. The van der Waals surface area contributed by atoms with Crippen LogP contribution in [-0.4, -0.2) is 23.5 Å². The molecule has 1 heterocycles. The van der Waals surface area contributed by atoms with Crippen LogP contribution in [0, 0.1) is 17.2 Å². The summed E-state index contributed by atoms with van der Waals surface area (Å²) in [6.07, 6.45) is 0.862. The number of nitriles is 1. The van der Waals surface area contributed by atoms with E-state index in [1.165, 1.54) is 29.4 Å². The fourth-order valence-electron chi connectivity index (χ4n) is 3.10. The van der Waals surface area contributed by atoms with Crippen molar-refractivity contribution in [1.82, 2.24) is 5.32 Å². The lowest BCUT2D eigenvalue weighted by Crippen LogP contribution is -2.52. The first-order chi connectivity index (χ1) is 13.2. The van der Waals surface area contributed by atoms with Crippen LogP contribution in [0.1, 0.15) is 48.5 Å². The molecule has 0 bridgehead atoms. The summed E-state index contributed by atoms with van der Waals surface area (Å²) in [5, 5.41) is 12.0. The van der Waals surface area contributed by atoms with Gasteiger partial charge in [0.1, 0.15) is 10.4 Å². The normalized spacial score (nSPS) is 15.6. The fraction of sp³-hybridized carbons (Fsp3) is 0.409. The zero-order valence-electron chi connectivity index (χ0n) is 16.5. The number of esters is 1. The highest BCUT2D eigenvalue weighted by atomic mass is 32.1. The zero-order chi connectivity index (χ0) is 20.5. The van der Waals surface area contributed by atoms with E-state index in [1.54, 1.807) is 6.92 Å². The summed E-state index contributed by atoms with van der Waals surface area (Å²) in [5.74, 6) is -1.06. The van der Waals surface area contributed by atoms with Crippen molar-refractivity contribution in [2.24, 2.45) is 5.92 Å². The van der Waals surface area contributed by atoms with E-state index in [4.69, 9.17) is 4.74 Å². The average Bonchev–Trinajstić information content (AvgIpc) is 3.12. The highest BCUT2D eigenvalue weighted by molar-refractivity contribution is 7.17. The van der Waals surface area contributed by atoms with Crippen LogP contribution in [-0.2, 0) is 22.4 Å². The summed E-state index contributed by atoms with van der Waals surface area (Å²) in [6.45, 7) is 6.89. The summed E-state index contributed by atoms with van der Waals surface area (Å²) >= 11 is 1.40. The van der Waals surface area contributed by atoms with Crippen molar-refractivity contribution in [1.29, 1.82) is 5.26 Å². The number of amides is 1. The molecule has 0 saturated carbocycles. The summed E-state index contributed by atoms with van der Waals surface area (Å²) in [6, 6.07) is 12.2. The molecular weight excluding hydrogens is 372 g/mol. The first kappa shape index (κ1) is 20.1. The molecule has 1 aromatic carbocycles. The minimum absolute atomic E-state index is 0.0755. The van der Waals surface area contributed by atoms with Crippen molar-refractivity contribution >= 4 is 23.2 Å². The molecule has 28 heavy (non-hydrogen) atoms. The Bertz CT molecular complexity index is 957. The minimum Gasteiger partial charge on any atom is -0.448 e. The molecule has 6 heteroatoms. The largest absolute Gasteiger partial charge is 0.448 e. The van der Waals surface area contributed by atoms with Crippen molar-refractivity contribution in [2.45, 2.75) is 52.2 Å². The van der Waals surface area contributed by atoms with E-state index in [0.29, 0.717) is 4.88 Å². The first-order valence-electron chi connectivity index (χ1n) is 9.40. The van der Waals surface area contributed by atoms with Crippen LogP contribution in [0.3, 0.4) is 0 Å². The predicted octanol–water partition coefficient (Wildman–Crippen LogP) is 4.11. The van der Waals surface area contributed by atoms with Crippen molar-refractivity contribution in [3.8, 4) is 16.5 Å². The zero-order valence-corrected chi connectivity index (χ0v) is 17.4. The topological polar surface area (TPSA) is 79.2 Å². The van der Waals surface area contributed by atoms with Crippen molar-refractivity contribution in [2.75, 3.05) is 0 Å². The van der Waals surface area contributed by atoms with Crippen molar-refractivity contribution < 1.29 is 14.3 Å². The second kappa shape index (κ2) is 7.76. The third-order valence-electron chi connectivity index (χ3n) is 5.36. The minimum atomic E-state index is -1.01. The summed E-state index contributed by atoms with van der Waals surface area (Å²) in [7, 11) is 0. The van der Waals surface area contributed by atoms with Gasteiger partial charge in [-0.15, -0.1) is 11.3 Å². The first-order valence-corrected chi connectivity index (χ1v) is 10.2. The van der Waals surface area contributed by atoms with Crippen LogP contribution in [0.2, 0.25) is 0 Å². The molecule has 0 spiro atoms. The molecule has 146 valence electrons. The molecule has 1 aliphatic carbocycles. The molecule has 1 aromatic heterocycles. The number of carbonyl (C=O) groups is 2. The van der Waals surface area contributed by atoms with E-state index >= 15 is 0 Å². The average molecular weight is 397 g/mol. The maximum atomic E-state index is 12.6. The van der Waals surface area contributed by atoms with E-state index in [2.05, 4.69) is 23.5 Å². The number of thiophene rings is 1. The molecule has 2 unspecified atom stereocenters. The lowest BCUT2D eigenvalue weighted by Gasteiger charge is -2.28. The van der Waals surface area contributed by atoms with Gasteiger partial charge in [0.05, 0.1) is 6.07 Å². The van der Waals surface area contributed by atoms with Crippen LogP contribution in [0.4, 0.5) is 0 Å². The maximum Gasteiger partial charge on any atom is 0.349 e. The molecule has 2 aromatic rings. The van der Waals surface area contributed by atoms with Gasteiger partial charge in [0, 0.05) is 4.88 Å². The van der Waals surface area contributed by atoms with Gasteiger partial charge >= 0.3 is 5.97 Å². The van der Waals surface area contributed by atoms with Crippen LogP contribution in [0.15, 0.2) is 30.3 Å². The number of benzene rings is 1. The van der Waals surface area contributed by atoms with E-state index < -0.39 is 23.5 Å². The van der Waals surface area contributed by atoms with Crippen LogP contribution in [0.5, 0.6) is 0 Å². The smallest absolute Gasteiger partial charge is 0.349 e. The van der Waals surface area contributed by atoms with Gasteiger partial charge < -0.3 is 10.1 Å². The summed E-state index contributed by atoms with van der Waals surface area (Å²) in [5.41, 5.74) is 2.59. The van der Waals surface area contributed by atoms with Gasteiger partial charge in [0.2, 0.25) is 0 Å². The van der Waals surface area contributed by atoms with E-state index in [0.717, 1.165) is 23.3 Å². The number of nitrogens with zero attached hydrogens (tertiary/aromatic N) is 1. The van der Waals surface area contributed by atoms with E-state index in [-0.39, 0.29) is 5.92 Å². The number of hydrogen-bond acceptors (Lipinski definition) is 5. The fourth-order valence-corrected chi connectivity index (χ4v) is 4.26. The number of nitrogens with one attached hydrogen (secondary N) is 1. The Labute approximate surface area is 169 Å². The number of hydrogen-bond donors (Lipinski definition) is 1. The Morgan fingerprint density at radius 2 is 1.89 bits per heavy atom. The lowest BCUT2D eigenvalue weighted by atomic mass is 9.90. The third kappa shape index (κ3) is 3.81. The summed E-state index contributed by atoms with van der Waals surface area (Å²) < 4.78 is 5.38. The number of carbonyl (C=O) groups excluding carboxylic acids is 2. The Hall–Kier alpha value is -2.65. The second-order valence-electron chi connectivity index (χ2n) is 7.63. The summed E-state index contributed by atoms with van der Waals surface area (Å²) in [4.78, 5) is 26.6. The van der Waals surface area contributed by atoms with E-state index in [1.807, 2.05) is 32.0 Å². The molecule has 0 radical (unpaired) electrons. The number of aryl methyl sites for hydroxylation is 2. The van der Waals surface area contributed by atoms with Gasteiger partial charge in [0.25, 0.3) is 5.91 Å². The Balaban J connectivity index is 1.72.